The maximum Gasteiger partial charge on any atom is 0.350 e. The van der Waals surface area contributed by atoms with Gasteiger partial charge in [0.15, 0.2) is 5.13 Å². The number of Topliss-reactive ketones (excluding diaryl/α,β-unsaturated/α-hetero) is 1. The Morgan fingerprint density at radius 3 is 2.42 bits per heavy atom. The number of rotatable bonds is 8. The van der Waals surface area contributed by atoms with Crippen molar-refractivity contribution in [3.8, 4) is 5.75 Å². The zero-order valence-corrected chi connectivity index (χ0v) is 25.7. The standard InChI is InChI=1S/C32H26Cl2N2O6S/c1-4-41-31(40)29-18(3)35-32(43-29)36-26(20-11-14-23(33)24(34)15-20)25(28(38)30(36)39)27(37)19-9-12-22(13-10-19)42-16-21-8-6-5-7-17(21)2/h5-15,26,37H,4,16H2,1-3H3. The van der Waals surface area contributed by atoms with Gasteiger partial charge in [-0.3, -0.25) is 14.5 Å². The first-order valence-corrected chi connectivity index (χ1v) is 14.9. The molecule has 5 rings (SSSR count). The Bertz CT molecular complexity index is 1770. The van der Waals surface area contributed by atoms with E-state index in [9.17, 15) is 19.5 Å². The van der Waals surface area contributed by atoms with Crippen molar-refractivity contribution in [3.63, 3.8) is 0 Å². The van der Waals surface area contributed by atoms with Crippen molar-refractivity contribution < 1.29 is 29.0 Å². The van der Waals surface area contributed by atoms with Gasteiger partial charge in [-0.1, -0.05) is 64.9 Å². The highest BCUT2D eigenvalue weighted by Gasteiger charge is 2.48. The lowest BCUT2D eigenvalue weighted by Crippen LogP contribution is -2.29. The first kappa shape index (κ1) is 30.3. The van der Waals surface area contributed by atoms with Crippen molar-refractivity contribution in [2.24, 2.45) is 0 Å². The highest BCUT2D eigenvalue weighted by Crippen LogP contribution is 2.45. The molecule has 1 N–H and O–H groups in total. The largest absolute Gasteiger partial charge is 0.507 e. The topological polar surface area (TPSA) is 106 Å². The number of carbonyl (C=O) groups is 3. The quantitative estimate of drug-likeness (QED) is 0.0926. The molecule has 1 amide bonds. The number of carbonyl (C=O) groups excluding carboxylic acids is 3. The summed E-state index contributed by atoms with van der Waals surface area (Å²) < 4.78 is 11.0. The molecule has 1 saturated heterocycles. The summed E-state index contributed by atoms with van der Waals surface area (Å²) in [6.07, 6.45) is 0. The molecule has 2 heterocycles. The number of esters is 1. The number of aliphatic hydroxyl groups excluding tert-OH is 1. The molecule has 1 aromatic heterocycles. The van der Waals surface area contributed by atoms with Gasteiger partial charge in [0.1, 0.15) is 23.0 Å². The SMILES string of the molecule is CCOC(=O)c1sc(N2C(=O)C(=O)C(=C(O)c3ccc(OCc4ccccc4C)cc3)C2c2ccc(Cl)c(Cl)c2)nc1C. The van der Waals surface area contributed by atoms with Gasteiger partial charge in [0, 0.05) is 5.56 Å². The molecule has 1 fully saturated rings. The number of thiazole rings is 1. The van der Waals surface area contributed by atoms with E-state index >= 15 is 0 Å². The number of aryl methyl sites for hydroxylation is 2. The molecule has 4 aromatic rings. The van der Waals surface area contributed by atoms with E-state index in [-0.39, 0.29) is 38.0 Å². The second-order valence-electron chi connectivity index (χ2n) is 9.71. The molecule has 220 valence electrons. The summed E-state index contributed by atoms with van der Waals surface area (Å²) in [5, 5.41) is 12.0. The Balaban J connectivity index is 1.55. The van der Waals surface area contributed by atoms with Crippen LogP contribution >= 0.6 is 34.5 Å². The Hall–Kier alpha value is -4.18. The van der Waals surface area contributed by atoms with Crippen LogP contribution in [0.4, 0.5) is 5.13 Å². The molecule has 0 spiro atoms. The monoisotopic (exact) mass is 636 g/mol. The fourth-order valence-corrected chi connectivity index (χ4v) is 5.99. The second kappa shape index (κ2) is 12.6. The van der Waals surface area contributed by atoms with Gasteiger partial charge in [0.2, 0.25) is 0 Å². The molecule has 1 aliphatic heterocycles. The van der Waals surface area contributed by atoms with Gasteiger partial charge >= 0.3 is 11.9 Å². The van der Waals surface area contributed by atoms with E-state index in [1.165, 1.54) is 12.1 Å². The molecule has 8 nitrogen and oxygen atoms in total. The predicted octanol–water partition coefficient (Wildman–Crippen LogP) is 7.45. The summed E-state index contributed by atoms with van der Waals surface area (Å²) in [5.74, 6) is -2.25. The number of aliphatic hydroxyl groups is 1. The van der Waals surface area contributed by atoms with Gasteiger partial charge in [-0.25, -0.2) is 9.78 Å². The van der Waals surface area contributed by atoms with E-state index in [0.717, 1.165) is 27.4 Å². The van der Waals surface area contributed by atoms with Crippen LogP contribution in [0, 0.1) is 13.8 Å². The summed E-state index contributed by atoms with van der Waals surface area (Å²) in [6, 6.07) is 18.0. The minimum atomic E-state index is -1.10. The van der Waals surface area contributed by atoms with Crippen LogP contribution in [0.5, 0.6) is 5.75 Å². The van der Waals surface area contributed by atoms with Crippen LogP contribution in [0.3, 0.4) is 0 Å². The van der Waals surface area contributed by atoms with Crippen LogP contribution in [0.25, 0.3) is 5.76 Å². The summed E-state index contributed by atoms with van der Waals surface area (Å²) in [7, 11) is 0. The number of nitrogens with zero attached hydrogens (tertiary/aromatic N) is 2. The molecule has 0 aliphatic carbocycles. The summed E-state index contributed by atoms with van der Waals surface area (Å²) in [5.41, 5.74) is 3.04. The van der Waals surface area contributed by atoms with Gasteiger partial charge in [-0.2, -0.15) is 0 Å². The molecule has 1 unspecified atom stereocenters. The third kappa shape index (κ3) is 6.01. The molecule has 3 aromatic carbocycles. The summed E-state index contributed by atoms with van der Waals surface area (Å²) >= 11 is 13.4. The Labute approximate surface area is 262 Å². The Morgan fingerprint density at radius 1 is 1.02 bits per heavy atom. The molecule has 1 atom stereocenters. The second-order valence-corrected chi connectivity index (χ2v) is 11.5. The van der Waals surface area contributed by atoms with E-state index in [4.69, 9.17) is 32.7 Å². The number of benzene rings is 3. The number of ketones is 1. The maximum atomic E-state index is 13.5. The van der Waals surface area contributed by atoms with Crippen LogP contribution in [0.15, 0.2) is 72.3 Å². The van der Waals surface area contributed by atoms with Crippen LogP contribution in [0.2, 0.25) is 10.0 Å². The summed E-state index contributed by atoms with van der Waals surface area (Å²) in [4.78, 5) is 45.3. The molecular formula is C32H26Cl2N2O6S. The fraction of sp³-hybridized carbons (Fsp3) is 0.188. The highest BCUT2D eigenvalue weighted by molar-refractivity contribution is 7.17. The normalized spacial score (nSPS) is 16.0. The van der Waals surface area contributed by atoms with Crippen LogP contribution in [-0.4, -0.2) is 34.4 Å². The zero-order chi connectivity index (χ0) is 30.8. The predicted molar refractivity (Wildman–Crippen MR) is 166 cm³/mol. The van der Waals surface area contributed by atoms with Crippen molar-refractivity contribution in [1.82, 2.24) is 4.98 Å². The lowest BCUT2D eigenvalue weighted by atomic mass is 9.95. The van der Waals surface area contributed by atoms with Gasteiger partial charge < -0.3 is 14.6 Å². The Morgan fingerprint density at radius 2 is 1.74 bits per heavy atom. The number of amides is 1. The van der Waals surface area contributed by atoms with Crippen molar-refractivity contribution in [1.29, 1.82) is 0 Å². The number of anilines is 1. The number of hydrogen-bond donors (Lipinski definition) is 1. The molecule has 0 saturated carbocycles. The molecular weight excluding hydrogens is 611 g/mol. The van der Waals surface area contributed by atoms with Gasteiger partial charge in [-0.15, -0.1) is 0 Å². The first-order chi connectivity index (χ1) is 20.6. The van der Waals surface area contributed by atoms with Crippen molar-refractivity contribution in [2.45, 2.75) is 33.4 Å². The molecule has 0 radical (unpaired) electrons. The molecule has 43 heavy (non-hydrogen) atoms. The van der Waals surface area contributed by atoms with Crippen molar-refractivity contribution in [2.75, 3.05) is 11.5 Å². The van der Waals surface area contributed by atoms with E-state index in [1.54, 1.807) is 44.2 Å². The fourth-order valence-electron chi connectivity index (χ4n) is 4.70. The van der Waals surface area contributed by atoms with E-state index in [1.807, 2.05) is 31.2 Å². The maximum absolute atomic E-state index is 13.5. The summed E-state index contributed by atoms with van der Waals surface area (Å²) in [6.45, 7) is 5.82. The van der Waals surface area contributed by atoms with Crippen LogP contribution in [0.1, 0.15) is 50.6 Å². The Kier molecular flexibility index (Phi) is 8.87. The number of ether oxygens (including phenoxy) is 2. The number of hydrogen-bond acceptors (Lipinski definition) is 8. The lowest BCUT2D eigenvalue weighted by molar-refractivity contribution is -0.132. The van der Waals surface area contributed by atoms with E-state index < -0.39 is 23.7 Å². The smallest absolute Gasteiger partial charge is 0.350 e. The van der Waals surface area contributed by atoms with E-state index in [2.05, 4.69) is 4.98 Å². The van der Waals surface area contributed by atoms with Gasteiger partial charge in [-0.05, 0) is 73.9 Å². The first-order valence-electron chi connectivity index (χ1n) is 13.3. The molecule has 0 bridgehead atoms. The zero-order valence-electron chi connectivity index (χ0n) is 23.4. The number of halogens is 2. The van der Waals surface area contributed by atoms with Gasteiger partial charge in [0.05, 0.1) is 34.0 Å². The minimum absolute atomic E-state index is 0.0951. The minimum Gasteiger partial charge on any atom is -0.507 e. The van der Waals surface area contributed by atoms with Crippen LogP contribution in [-0.2, 0) is 20.9 Å². The third-order valence-electron chi connectivity index (χ3n) is 6.94. The molecule has 11 heteroatoms. The average Bonchev–Trinajstić information content (AvgIpc) is 3.50. The van der Waals surface area contributed by atoms with E-state index in [0.29, 0.717) is 29.2 Å². The average molecular weight is 638 g/mol. The number of aromatic nitrogens is 1. The van der Waals surface area contributed by atoms with Gasteiger partial charge in [0.25, 0.3) is 5.78 Å². The lowest BCUT2D eigenvalue weighted by Gasteiger charge is -2.23. The molecule has 1 aliphatic rings. The third-order valence-corrected chi connectivity index (χ3v) is 8.82. The van der Waals surface area contributed by atoms with Crippen molar-refractivity contribution >= 4 is 63.1 Å². The highest BCUT2D eigenvalue weighted by atomic mass is 35.5. The van der Waals surface area contributed by atoms with Crippen molar-refractivity contribution in [3.05, 3.63) is 115 Å². The van der Waals surface area contributed by atoms with Crippen LogP contribution < -0.4 is 9.64 Å².